The van der Waals surface area contributed by atoms with Gasteiger partial charge < -0.3 is 5.32 Å². The molecule has 4 nitrogen and oxygen atoms in total. The SMILES string of the molecule is NS(=O)(=O)CCNC1CC(c2cccc(Cl)c2)C1. The normalized spacial score (nSPS) is 23.7. The standard InChI is InChI=1S/C12H17ClN2O2S/c13-11-3-1-2-9(6-11)10-7-12(8-10)15-4-5-18(14,16)17/h1-3,6,10,12,15H,4-5,7-8H2,(H2,14,16,17). The van der Waals surface area contributed by atoms with Crippen molar-refractivity contribution >= 4 is 21.6 Å². The highest BCUT2D eigenvalue weighted by Gasteiger charge is 2.29. The minimum atomic E-state index is -3.36. The lowest BCUT2D eigenvalue weighted by Crippen LogP contribution is -2.42. The molecule has 0 radical (unpaired) electrons. The van der Waals surface area contributed by atoms with Crippen LogP contribution in [0.2, 0.25) is 5.02 Å². The van der Waals surface area contributed by atoms with E-state index in [4.69, 9.17) is 16.7 Å². The molecule has 0 bridgehead atoms. The highest BCUT2D eigenvalue weighted by molar-refractivity contribution is 7.89. The largest absolute Gasteiger partial charge is 0.313 e. The van der Waals surface area contributed by atoms with Crippen molar-refractivity contribution in [1.82, 2.24) is 5.32 Å². The lowest BCUT2D eigenvalue weighted by atomic mass is 9.76. The number of primary sulfonamides is 1. The van der Waals surface area contributed by atoms with Crippen LogP contribution < -0.4 is 10.5 Å². The molecule has 100 valence electrons. The number of hydrogen-bond donors (Lipinski definition) is 2. The maximum atomic E-state index is 10.8. The van der Waals surface area contributed by atoms with Gasteiger partial charge in [-0.25, -0.2) is 13.6 Å². The zero-order valence-electron chi connectivity index (χ0n) is 9.97. The van der Waals surface area contributed by atoms with Crippen molar-refractivity contribution < 1.29 is 8.42 Å². The Balaban J connectivity index is 1.74. The number of nitrogens with one attached hydrogen (secondary N) is 1. The van der Waals surface area contributed by atoms with Crippen molar-refractivity contribution in [2.75, 3.05) is 12.3 Å². The van der Waals surface area contributed by atoms with Crippen molar-refractivity contribution in [2.45, 2.75) is 24.8 Å². The van der Waals surface area contributed by atoms with Crippen molar-refractivity contribution in [3.63, 3.8) is 0 Å². The van der Waals surface area contributed by atoms with Gasteiger partial charge in [0.25, 0.3) is 0 Å². The van der Waals surface area contributed by atoms with Crippen molar-refractivity contribution in [2.24, 2.45) is 5.14 Å². The first-order chi connectivity index (χ1) is 8.44. The van der Waals surface area contributed by atoms with E-state index in [9.17, 15) is 8.42 Å². The van der Waals surface area contributed by atoms with Gasteiger partial charge in [-0.3, -0.25) is 0 Å². The van der Waals surface area contributed by atoms with Crippen LogP contribution in [-0.4, -0.2) is 26.8 Å². The van der Waals surface area contributed by atoms with Crippen LogP contribution in [0.4, 0.5) is 0 Å². The Labute approximate surface area is 113 Å². The third-order valence-electron chi connectivity index (χ3n) is 3.28. The predicted molar refractivity (Wildman–Crippen MR) is 73.2 cm³/mol. The van der Waals surface area contributed by atoms with E-state index in [-0.39, 0.29) is 5.75 Å². The van der Waals surface area contributed by atoms with Crippen LogP contribution in [0, 0.1) is 0 Å². The van der Waals surface area contributed by atoms with Gasteiger partial charge in [0, 0.05) is 17.6 Å². The predicted octanol–water partition coefficient (Wildman–Crippen LogP) is 1.46. The Morgan fingerprint density at radius 3 is 2.72 bits per heavy atom. The fourth-order valence-corrected chi connectivity index (χ4v) is 2.82. The molecule has 0 unspecified atom stereocenters. The molecule has 1 aromatic carbocycles. The highest BCUT2D eigenvalue weighted by atomic mass is 35.5. The number of hydrogen-bond acceptors (Lipinski definition) is 3. The van der Waals surface area contributed by atoms with Crippen LogP contribution >= 0.6 is 11.6 Å². The van der Waals surface area contributed by atoms with Gasteiger partial charge in [0.1, 0.15) is 0 Å². The summed E-state index contributed by atoms with van der Waals surface area (Å²) in [6, 6.07) is 8.28. The van der Waals surface area contributed by atoms with Crippen LogP contribution in [0.25, 0.3) is 0 Å². The average molecular weight is 289 g/mol. The van der Waals surface area contributed by atoms with Gasteiger partial charge in [0.2, 0.25) is 10.0 Å². The van der Waals surface area contributed by atoms with E-state index in [2.05, 4.69) is 11.4 Å². The summed E-state index contributed by atoms with van der Waals surface area (Å²) in [5.74, 6) is 0.515. The van der Waals surface area contributed by atoms with Crippen LogP contribution in [0.15, 0.2) is 24.3 Å². The number of sulfonamides is 1. The Kier molecular flexibility index (Phi) is 4.27. The third kappa shape index (κ3) is 3.95. The minimum Gasteiger partial charge on any atom is -0.313 e. The number of rotatable bonds is 5. The summed E-state index contributed by atoms with van der Waals surface area (Å²) < 4.78 is 21.5. The summed E-state index contributed by atoms with van der Waals surface area (Å²) in [6.45, 7) is 0.422. The summed E-state index contributed by atoms with van der Waals surface area (Å²) >= 11 is 5.94. The second kappa shape index (κ2) is 5.57. The molecule has 0 spiro atoms. The van der Waals surface area contributed by atoms with E-state index in [0.29, 0.717) is 18.5 Å². The molecular weight excluding hydrogens is 272 g/mol. The zero-order chi connectivity index (χ0) is 13.2. The highest BCUT2D eigenvalue weighted by Crippen LogP contribution is 2.37. The summed E-state index contributed by atoms with van der Waals surface area (Å²) in [6.07, 6.45) is 2.04. The molecule has 0 saturated heterocycles. The summed E-state index contributed by atoms with van der Waals surface area (Å²) in [5.41, 5.74) is 1.26. The maximum Gasteiger partial charge on any atom is 0.210 e. The molecule has 1 aromatic rings. The average Bonchev–Trinajstić information content (AvgIpc) is 2.19. The van der Waals surface area contributed by atoms with E-state index < -0.39 is 10.0 Å². The fourth-order valence-electron chi connectivity index (χ4n) is 2.22. The van der Waals surface area contributed by atoms with Gasteiger partial charge in [0.05, 0.1) is 5.75 Å². The van der Waals surface area contributed by atoms with Crippen molar-refractivity contribution in [1.29, 1.82) is 0 Å². The van der Waals surface area contributed by atoms with E-state index in [1.807, 2.05) is 18.2 Å². The Morgan fingerprint density at radius 2 is 2.11 bits per heavy atom. The van der Waals surface area contributed by atoms with Crippen LogP contribution in [0.5, 0.6) is 0 Å². The van der Waals surface area contributed by atoms with Gasteiger partial charge in [-0.2, -0.15) is 0 Å². The summed E-state index contributed by atoms with van der Waals surface area (Å²) in [4.78, 5) is 0. The van der Waals surface area contributed by atoms with Gasteiger partial charge in [-0.15, -0.1) is 0 Å². The van der Waals surface area contributed by atoms with Gasteiger partial charge >= 0.3 is 0 Å². The van der Waals surface area contributed by atoms with E-state index in [0.717, 1.165) is 17.9 Å². The molecule has 0 amide bonds. The van der Waals surface area contributed by atoms with Crippen molar-refractivity contribution in [3.05, 3.63) is 34.9 Å². The molecule has 0 atom stereocenters. The quantitative estimate of drug-likeness (QED) is 0.862. The van der Waals surface area contributed by atoms with Crippen LogP contribution in [0.3, 0.4) is 0 Å². The smallest absolute Gasteiger partial charge is 0.210 e. The molecule has 18 heavy (non-hydrogen) atoms. The van der Waals surface area contributed by atoms with E-state index >= 15 is 0 Å². The lowest BCUT2D eigenvalue weighted by Gasteiger charge is -2.36. The van der Waals surface area contributed by atoms with Gasteiger partial charge in [-0.1, -0.05) is 23.7 Å². The fraction of sp³-hybridized carbons (Fsp3) is 0.500. The lowest BCUT2D eigenvalue weighted by molar-refractivity contribution is 0.296. The Hall–Kier alpha value is -0.620. The van der Waals surface area contributed by atoms with Gasteiger partial charge in [-0.05, 0) is 36.5 Å². The second-order valence-electron chi connectivity index (χ2n) is 4.74. The molecule has 1 aliphatic carbocycles. The maximum absolute atomic E-state index is 10.8. The Bertz CT molecular complexity index is 513. The van der Waals surface area contributed by atoms with Crippen molar-refractivity contribution in [3.8, 4) is 0 Å². The molecule has 2 rings (SSSR count). The molecule has 3 N–H and O–H groups in total. The zero-order valence-corrected chi connectivity index (χ0v) is 11.5. The third-order valence-corrected chi connectivity index (χ3v) is 4.29. The first-order valence-corrected chi connectivity index (χ1v) is 8.03. The van der Waals surface area contributed by atoms with E-state index in [1.54, 1.807) is 0 Å². The molecule has 1 fully saturated rings. The monoisotopic (exact) mass is 288 g/mol. The van der Waals surface area contributed by atoms with Crippen LogP contribution in [0.1, 0.15) is 24.3 Å². The summed E-state index contributed by atoms with van der Waals surface area (Å²) in [7, 11) is -3.36. The molecule has 1 aliphatic rings. The molecule has 1 saturated carbocycles. The van der Waals surface area contributed by atoms with Crippen LogP contribution in [-0.2, 0) is 10.0 Å². The van der Waals surface area contributed by atoms with Gasteiger partial charge in [0.15, 0.2) is 0 Å². The number of halogens is 1. The topological polar surface area (TPSA) is 72.2 Å². The molecular formula is C12H17ClN2O2S. The Morgan fingerprint density at radius 1 is 1.39 bits per heavy atom. The molecule has 0 aliphatic heterocycles. The first kappa shape index (κ1) is 13.8. The second-order valence-corrected chi connectivity index (χ2v) is 6.91. The number of benzene rings is 1. The first-order valence-electron chi connectivity index (χ1n) is 5.93. The van der Waals surface area contributed by atoms with E-state index in [1.165, 1.54) is 5.56 Å². The minimum absolute atomic E-state index is 0.00860. The number of nitrogens with two attached hydrogens (primary N) is 1. The molecule has 0 aromatic heterocycles. The summed E-state index contributed by atoms with van der Waals surface area (Å²) in [5, 5.41) is 8.89. The molecule has 0 heterocycles. The molecule has 6 heteroatoms.